The van der Waals surface area contributed by atoms with Crippen LogP contribution in [-0.4, -0.2) is 35.8 Å². The number of hydrogen-bond acceptors (Lipinski definition) is 4. The van der Waals surface area contributed by atoms with Crippen LogP contribution in [0.3, 0.4) is 0 Å². The van der Waals surface area contributed by atoms with Crippen LogP contribution < -0.4 is 10.2 Å². The standard InChI is InChI=1S/C14H14ClN3O2S/c15-10-2-1-3-11(7-10)18-8-9(6-12(18)19)13(20)17-14-16-4-5-21-14/h1-3,7,9H,4-6,8H2,(H,16,17,20)/t9-/m1/s1. The summed E-state index contributed by atoms with van der Waals surface area (Å²) in [6, 6.07) is 7.10. The Hall–Kier alpha value is -1.53. The molecule has 0 bridgehead atoms. The van der Waals surface area contributed by atoms with Crippen LogP contribution in [0.4, 0.5) is 5.69 Å². The fraction of sp³-hybridized carbons (Fsp3) is 0.357. The lowest BCUT2D eigenvalue weighted by atomic mass is 10.1. The maximum atomic E-state index is 12.2. The number of halogens is 1. The average Bonchev–Trinajstić information content (AvgIpc) is 3.08. The Balaban J connectivity index is 1.68. The summed E-state index contributed by atoms with van der Waals surface area (Å²) in [5.41, 5.74) is 0.732. The molecular weight excluding hydrogens is 310 g/mol. The van der Waals surface area contributed by atoms with Crippen LogP contribution in [0.15, 0.2) is 29.3 Å². The minimum Gasteiger partial charge on any atom is -0.312 e. The van der Waals surface area contributed by atoms with Crippen molar-refractivity contribution >= 4 is 46.0 Å². The van der Waals surface area contributed by atoms with Crippen LogP contribution in [-0.2, 0) is 9.59 Å². The fourth-order valence-electron chi connectivity index (χ4n) is 2.39. The van der Waals surface area contributed by atoms with E-state index in [0.29, 0.717) is 16.7 Å². The summed E-state index contributed by atoms with van der Waals surface area (Å²) in [6.07, 6.45) is 0.219. The zero-order chi connectivity index (χ0) is 14.8. The minimum atomic E-state index is -0.347. The maximum absolute atomic E-state index is 12.2. The summed E-state index contributed by atoms with van der Waals surface area (Å²) in [4.78, 5) is 30.1. The summed E-state index contributed by atoms with van der Waals surface area (Å²) >= 11 is 7.48. The smallest absolute Gasteiger partial charge is 0.231 e. The number of carbonyl (C=O) groups is 2. The summed E-state index contributed by atoms with van der Waals surface area (Å²) in [5.74, 6) is 0.355. The number of nitrogens with one attached hydrogen (secondary N) is 1. The Bertz CT molecular complexity index is 620. The predicted octanol–water partition coefficient (Wildman–Crippen LogP) is 1.91. The molecule has 0 aromatic heterocycles. The van der Waals surface area contributed by atoms with Crippen LogP contribution in [0.2, 0.25) is 5.02 Å². The number of amides is 2. The number of anilines is 1. The van der Waals surface area contributed by atoms with Gasteiger partial charge < -0.3 is 10.2 Å². The van der Waals surface area contributed by atoms with Crippen molar-refractivity contribution in [3.05, 3.63) is 29.3 Å². The number of hydrogen-bond donors (Lipinski definition) is 1. The lowest BCUT2D eigenvalue weighted by Crippen LogP contribution is -2.35. The second kappa shape index (κ2) is 6.07. The van der Waals surface area contributed by atoms with Gasteiger partial charge in [-0.15, -0.1) is 0 Å². The van der Waals surface area contributed by atoms with E-state index in [9.17, 15) is 9.59 Å². The molecule has 2 aliphatic heterocycles. The van der Waals surface area contributed by atoms with Crippen molar-refractivity contribution in [1.29, 1.82) is 0 Å². The van der Waals surface area contributed by atoms with E-state index >= 15 is 0 Å². The van der Waals surface area contributed by atoms with Crippen molar-refractivity contribution in [2.24, 2.45) is 10.9 Å². The summed E-state index contributed by atoms with van der Waals surface area (Å²) in [5, 5.41) is 4.03. The molecule has 1 atom stereocenters. The molecule has 2 heterocycles. The fourth-order valence-corrected chi connectivity index (χ4v) is 3.31. The average molecular weight is 324 g/mol. The van der Waals surface area contributed by atoms with Gasteiger partial charge in [0, 0.05) is 29.4 Å². The Kier molecular flexibility index (Phi) is 4.17. The highest BCUT2D eigenvalue weighted by atomic mass is 35.5. The third-order valence-electron chi connectivity index (χ3n) is 3.43. The van der Waals surface area contributed by atoms with E-state index in [2.05, 4.69) is 10.3 Å². The molecule has 7 heteroatoms. The SMILES string of the molecule is O=C(NC1=NCCS1)[C@@H]1CC(=O)N(c2cccc(Cl)c2)C1. The first-order valence-electron chi connectivity index (χ1n) is 6.67. The predicted molar refractivity (Wildman–Crippen MR) is 84.8 cm³/mol. The van der Waals surface area contributed by atoms with E-state index in [-0.39, 0.29) is 24.2 Å². The van der Waals surface area contributed by atoms with Crippen LogP contribution in [0.5, 0.6) is 0 Å². The lowest BCUT2D eigenvalue weighted by Gasteiger charge is -2.16. The van der Waals surface area contributed by atoms with Gasteiger partial charge in [0.1, 0.15) is 0 Å². The molecule has 1 fully saturated rings. The van der Waals surface area contributed by atoms with Gasteiger partial charge in [-0.25, -0.2) is 0 Å². The second-order valence-electron chi connectivity index (χ2n) is 4.91. The van der Waals surface area contributed by atoms with Crippen LogP contribution in [0, 0.1) is 5.92 Å². The Labute approximate surface area is 131 Å². The van der Waals surface area contributed by atoms with Crippen LogP contribution >= 0.6 is 23.4 Å². The number of amidine groups is 1. The van der Waals surface area contributed by atoms with E-state index in [1.54, 1.807) is 23.1 Å². The van der Waals surface area contributed by atoms with Gasteiger partial charge in [0.05, 0.1) is 12.5 Å². The number of benzene rings is 1. The van der Waals surface area contributed by atoms with Crippen molar-refractivity contribution in [2.45, 2.75) is 6.42 Å². The largest absolute Gasteiger partial charge is 0.312 e. The summed E-state index contributed by atoms with van der Waals surface area (Å²) in [7, 11) is 0. The highest BCUT2D eigenvalue weighted by molar-refractivity contribution is 8.14. The number of carbonyl (C=O) groups excluding carboxylic acids is 2. The van der Waals surface area contributed by atoms with Gasteiger partial charge in [-0.3, -0.25) is 14.6 Å². The second-order valence-corrected chi connectivity index (χ2v) is 6.43. The highest BCUT2D eigenvalue weighted by Crippen LogP contribution is 2.27. The topological polar surface area (TPSA) is 61.8 Å². The first-order valence-corrected chi connectivity index (χ1v) is 8.04. The number of rotatable bonds is 2. The van der Waals surface area contributed by atoms with Gasteiger partial charge in [0.25, 0.3) is 0 Å². The lowest BCUT2D eigenvalue weighted by molar-refractivity contribution is -0.125. The quantitative estimate of drug-likeness (QED) is 0.904. The first kappa shape index (κ1) is 14.4. The molecule has 1 aromatic rings. The molecule has 3 rings (SSSR count). The van der Waals surface area contributed by atoms with Gasteiger partial charge in [-0.05, 0) is 18.2 Å². The van der Waals surface area contributed by atoms with Crippen LogP contribution in [0.1, 0.15) is 6.42 Å². The molecule has 0 radical (unpaired) electrons. The molecule has 0 unspecified atom stereocenters. The molecule has 21 heavy (non-hydrogen) atoms. The zero-order valence-electron chi connectivity index (χ0n) is 11.2. The van der Waals surface area contributed by atoms with Gasteiger partial charge in [0.15, 0.2) is 5.17 Å². The zero-order valence-corrected chi connectivity index (χ0v) is 12.8. The van der Waals surface area contributed by atoms with Crippen molar-refractivity contribution < 1.29 is 9.59 Å². The van der Waals surface area contributed by atoms with Crippen molar-refractivity contribution in [2.75, 3.05) is 23.7 Å². The van der Waals surface area contributed by atoms with E-state index < -0.39 is 0 Å². The Morgan fingerprint density at radius 3 is 3.05 bits per heavy atom. The Morgan fingerprint density at radius 1 is 1.48 bits per heavy atom. The van der Waals surface area contributed by atoms with Gasteiger partial charge in [-0.2, -0.15) is 0 Å². The maximum Gasteiger partial charge on any atom is 0.231 e. The molecule has 0 saturated carbocycles. The number of thioether (sulfide) groups is 1. The van der Waals surface area contributed by atoms with Gasteiger partial charge in [-0.1, -0.05) is 29.4 Å². The number of nitrogens with zero attached hydrogens (tertiary/aromatic N) is 2. The molecule has 0 spiro atoms. The first-order chi connectivity index (χ1) is 10.1. The summed E-state index contributed by atoms with van der Waals surface area (Å²) in [6.45, 7) is 1.11. The summed E-state index contributed by atoms with van der Waals surface area (Å²) < 4.78 is 0. The van der Waals surface area contributed by atoms with Crippen molar-refractivity contribution in [1.82, 2.24) is 5.32 Å². The molecular formula is C14H14ClN3O2S. The highest BCUT2D eigenvalue weighted by Gasteiger charge is 2.35. The van der Waals surface area contributed by atoms with Crippen molar-refractivity contribution in [3.8, 4) is 0 Å². The van der Waals surface area contributed by atoms with E-state index in [4.69, 9.17) is 11.6 Å². The van der Waals surface area contributed by atoms with Gasteiger partial charge >= 0.3 is 0 Å². The molecule has 1 N–H and O–H groups in total. The monoisotopic (exact) mass is 323 g/mol. The third-order valence-corrected chi connectivity index (χ3v) is 4.56. The molecule has 2 aliphatic rings. The Morgan fingerprint density at radius 2 is 2.33 bits per heavy atom. The van der Waals surface area contributed by atoms with E-state index in [0.717, 1.165) is 18.0 Å². The molecule has 0 aliphatic carbocycles. The normalized spacial score (nSPS) is 21.6. The van der Waals surface area contributed by atoms with Gasteiger partial charge in [0.2, 0.25) is 11.8 Å². The molecule has 110 valence electrons. The molecule has 1 aromatic carbocycles. The molecule has 5 nitrogen and oxygen atoms in total. The third kappa shape index (κ3) is 3.22. The van der Waals surface area contributed by atoms with E-state index in [1.165, 1.54) is 11.8 Å². The molecule has 2 amide bonds. The minimum absolute atomic E-state index is 0.0570. The number of aliphatic imine (C=N–C) groups is 1. The molecule has 1 saturated heterocycles. The van der Waals surface area contributed by atoms with E-state index in [1.807, 2.05) is 6.07 Å². The van der Waals surface area contributed by atoms with Crippen LogP contribution in [0.25, 0.3) is 0 Å². The van der Waals surface area contributed by atoms with Crippen molar-refractivity contribution in [3.63, 3.8) is 0 Å².